The Kier molecular flexibility index (Phi) is 9.99. The first-order valence-electron chi connectivity index (χ1n) is 15.8. The molecule has 3 fully saturated rings. The lowest BCUT2D eigenvalue weighted by Crippen LogP contribution is -2.50. The second kappa shape index (κ2) is 12.6. The molecule has 1 aromatic rings. The number of hydrogen-bond acceptors (Lipinski definition) is 6. The number of ether oxygens (including phenoxy) is 1. The fourth-order valence-electron chi connectivity index (χ4n) is 6.53. The van der Waals surface area contributed by atoms with E-state index in [1.54, 1.807) is 4.90 Å². The van der Waals surface area contributed by atoms with E-state index < -0.39 is 31.7 Å². The van der Waals surface area contributed by atoms with Crippen LogP contribution >= 0.6 is 11.3 Å². The number of Topliss-reactive ketones (excluding diaryl/α,β-unsaturated/α-hetero) is 1. The normalized spacial score (nSPS) is 26.4. The summed E-state index contributed by atoms with van der Waals surface area (Å²) in [5.74, 6) is -1.60. The van der Waals surface area contributed by atoms with Crippen LogP contribution in [-0.4, -0.2) is 51.4 Å². The van der Waals surface area contributed by atoms with Crippen LogP contribution in [0.15, 0.2) is 6.07 Å². The molecule has 1 heterocycles. The summed E-state index contributed by atoms with van der Waals surface area (Å²) in [6.45, 7) is 13.2. The van der Waals surface area contributed by atoms with Gasteiger partial charge in [-0.15, -0.1) is 11.3 Å². The Bertz CT molecular complexity index is 1190. The molecule has 4 rings (SSSR count). The van der Waals surface area contributed by atoms with E-state index in [9.17, 15) is 27.6 Å². The van der Waals surface area contributed by atoms with Gasteiger partial charge in [-0.2, -0.15) is 13.2 Å². The van der Waals surface area contributed by atoms with Crippen molar-refractivity contribution in [1.29, 1.82) is 0 Å². The molecule has 0 aromatic carbocycles. The number of hydrogen-bond donors (Lipinski definition) is 0. The van der Waals surface area contributed by atoms with E-state index in [0.717, 1.165) is 49.9 Å². The highest BCUT2D eigenvalue weighted by Crippen LogP contribution is 2.56. The fourth-order valence-corrected chi connectivity index (χ4v) is 9.06. The number of thiophene rings is 1. The molecule has 0 saturated heterocycles. The van der Waals surface area contributed by atoms with Gasteiger partial charge in [0.15, 0.2) is 14.1 Å². The van der Waals surface area contributed by atoms with E-state index in [4.69, 9.17) is 9.16 Å². The summed E-state index contributed by atoms with van der Waals surface area (Å²) in [6.07, 6.45) is 1.21. The summed E-state index contributed by atoms with van der Waals surface area (Å²) in [5, 5.41) is 0.0627. The lowest BCUT2D eigenvalue weighted by Gasteiger charge is -2.43. The number of rotatable bonds is 8. The standard InChI is InChI=1S/C32H48F3NO5SSi/c1-20-9-11-21(12-10-20)28(38)36(22-13-15-23(16-14-22)41-43(6,7)30(2,3)4)24-19-25(42-26(24)29(39)40-5)27(37)31(17-8-18-31)32(33,34)35/h19-23H,8-18H2,1-7H3. The van der Waals surface area contributed by atoms with Gasteiger partial charge in [0.05, 0.1) is 17.7 Å². The Morgan fingerprint density at radius 3 is 2.02 bits per heavy atom. The van der Waals surface area contributed by atoms with E-state index in [1.807, 2.05) is 0 Å². The minimum absolute atomic E-state index is 0.0136. The molecular weight excluding hydrogens is 596 g/mol. The summed E-state index contributed by atoms with van der Waals surface area (Å²) < 4.78 is 54.1. The third-order valence-corrected chi connectivity index (χ3v) is 16.3. The number of methoxy groups -OCH3 is 1. The maximum Gasteiger partial charge on any atom is 0.401 e. The molecule has 0 atom stereocenters. The Balaban J connectivity index is 1.69. The number of ketones is 1. The molecule has 1 aromatic heterocycles. The van der Waals surface area contributed by atoms with Gasteiger partial charge in [0, 0.05) is 18.1 Å². The van der Waals surface area contributed by atoms with E-state index >= 15 is 0 Å². The Morgan fingerprint density at radius 2 is 1.56 bits per heavy atom. The summed E-state index contributed by atoms with van der Waals surface area (Å²) in [5.41, 5.74) is -2.22. The van der Waals surface area contributed by atoms with Crippen molar-refractivity contribution < 1.29 is 36.7 Å². The van der Waals surface area contributed by atoms with E-state index in [2.05, 4.69) is 40.8 Å². The lowest BCUT2D eigenvalue weighted by molar-refractivity contribution is -0.226. The molecule has 11 heteroatoms. The fraction of sp³-hybridized carbons (Fsp3) is 0.781. The van der Waals surface area contributed by atoms with Crippen LogP contribution in [0.2, 0.25) is 18.1 Å². The van der Waals surface area contributed by atoms with E-state index in [1.165, 1.54) is 13.2 Å². The molecule has 242 valence electrons. The molecule has 3 aliphatic rings. The van der Waals surface area contributed by atoms with Gasteiger partial charge in [-0.05, 0) is 94.3 Å². The maximum absolute atomic E-state index is 14.3. The highest BCUT2D eigenvalue weighted by molar-refractivity contribution is 7.16. The van der Waals surface area contributed by atoms with Crippen LogP contribution in [-0.2, 0) is 14.0 Å². The van der Waals surface area contributed by atoms with Crippen LogP contribution in [0.5, 0.6) is 0 Å². The minimum atomic E-state index is -4.69. The van der Waals surface area contributed by atoms with Gasteiger partial charge in [-0.25, -0.2) is 4.79 Å². The Morgan fingerprint density at radius 1 is 0.977 bits per heavy atom. The van der Waals surface area contributed by atoms with Crippen molar-refractivity contribution in [2.75, 3.05) is 12.0 Å². The number of esters is 1. The Labute approximate surface area is 259 Å². The molecule has 3 aliphatic carbocycles. The van der Waals surface area contributed by atoms with Crippen molar-refractivity contribution in [3.63, 3.8) is 0 Å². The number of halogens is 3. The van der Waals surface area contributed by atoms with Gasteiger partial charge >= 0.3 is 12.1 Å². The lowest BCUT2D eigenvalue weighted by atomic mass is 9.65. The molecule has 43 heavy (non-hydrogen) atoms. The SMILES string of the molecule is COC(=O)c1sc(C(=O)C2(C(F)(F)F)CCC2)cc1N(C(=O)C1CCC(C)CC1)C1CCC(O[Si](C)(C)C(C)(C)C)CC1. The quantitative estimate of drug-likeness (QED) is 0.161. The van der Waals surface area contributed by atoms with Gasteiger partial charge in [0.25, 0.3) is 0 Å². The van der Waals surface area contributed by atoms with Crippen molar-refractivity contribution in [2.24, 2.45) is 17.3 Å². The predicted molar refractivity (Wildman–Crippen MR) is 165 cm³/mol. The van der Waals surface area contributed by atoms with Gasteiger partial charge in [0.1, 0.15) is 10.3 Å². The van der Waals surface area contributed by atoms with Crippen molar-refractivity contribution >= 4 is 43.0 Å². The zero-order chi connectivity index (χ0) is 32.0. The van der Waals surface area contributed by atoms with Crippen molar-refractivity contribution in [1.82, 2.24) is 0 Å². The first-order valence-corrected chi connectivity index (χ1v) is 19.5. The summed E-state index contributed by atoms with van der Waals surface area (Å²) >= 11 is 0.723. The van der Waals surface area contributed by atoms with E-state index in [-0.39, 0.29) is 57.3 Å². The summed E-state index contributed by atoms with van der Waals surface area (Å²) in [4.78, 5) is 42.3. The summed E-state index contributed by atoms with van der Waals surface area (Å²) in [7, 11) is -0.797. The number of anilines is 1. The van der Waals surface area contributed by atoms with Gasteiger partial charge in [0.2, 0.25) is 5.91 Å². The third kappa shape index (κ3) is 6.78. The predicted octanol–water partition coefficient (Wildman–Crippen LogP) is 8.94. The number of carbonyl (C=O) groups is 3. The highest BCUT2D eigenvalue weighted by Gasteiger charge is 2.63. The van der Waals surface area contributed by atoms with Crippen LogP contribution in [0.3, 0.4) is 0 Å². The molecule has 0 spiro atoms. The van der Waals surface area contributed by atoms with Crippen molar-refractivity contribution in [2.45, 2.75) is 135 Å². The monoisotopic (exact) mass is 643 g/mol. The molecule has 0 aliphatic heterocycles. The first kappa shape index (κ1) is 34.2. The largest absolute Gasteiger partial charge is 0.465 e. The zero-order valence-electron chi connectivity index (χ0n) is 26.7. The van der Waals surface area contributed by atoms with Crippen molar-refractivity contribution in [3.05, 3.63) is 15.8 Å². The van der Waals surface area contributed by atoms with Crippen LogP contribution in [0, 0.1) is 17.3 Å². The molecule has 3 saturated carbocycles. The first-order chi connectivity index (χ1) is 19.9. The number of alkyl halides is 3. The molecule has 6 nitrogen and oxygen atoms in total. The number of amides is 1. The molecule has 1 amide bonds. The Hall–Kier alpha value is -1.72. The third-order valence-electron chi connectivity index (χ3n) is 10.6. The van der Waals surface area contributed by atoms with Gasteiger partial charge < -0.3 is 14.1 Å². The zero-order valence-corrected chi connectivity index (χ0v) is 28.5. The summed E-state index contributed by atoms with van der Waals surface area (Å²) in [6, 6.07) is 1.11. The molecule has 0 N–H and O–H groups in total. The molecule has 0 unspecified atom stereocenters. The van der Waals surface area contributed by atoms with Gasteiger partial charge in [-0.1, -0.05) is 34.1 Å². The topological polar surface area (TPSA) is 72.9 Å². The average Bonchev–Trinajstić information content (AvgIpc) is 3.32. The van der Waals surface area contributed by atoms with Crippen molar-refractivity contribution in [3.8, 4) is 0 Å². The second-order valence-corrected chi connectivity index (χ2v) is 20.4. The average molecular weight is 644 g/mol. The molecular formula is C32H48F3NO5SSi. The maximum atomic E-state index is 14.3. The second-order valence-electron chi connectivity index (χ2n) is 14.6. The van der Waals surface area contributed by atoms with E-state index in [0.29, 0.717) is 25.2 Å². The number of carbonyl (C=O) groups excluding carboxylic acids is 3. The van der Waals surface area contributed by atoms with Crippen LogP contribution in [0.25, 0.3) is 0 Å². The van der Waals surface area contributed by atoms with Crippen LogP contribution < -0.4 is 4.90 Å². The smallest absolute Gasteiger partial charge is 0.401 e. The van der Waals surface area contributed by atoms with Crippen LogP contribution in [0.1, 0.15) is 118 Å². The van der Waals surface area contributed by atoms with Crippen LogP contribution in [0.4, 0.5) is 18.9 Å². The molecule has 0 bridgehead atoms. The van der Waals surface area contributed by atoms with Gasteiger partial charge in [-0.3, -0.25) is 9.59 Å². The number of nitrogens with zero attached hydrogens (tertiary/aromatic N) is 1. The highest BCUT2D eigenvalue weighted by atomic mass is 32.1. The minimum Gasteiger partial charge on any atom is -0.465 e. The molecule has 0 radical (unpaired) electrons.